The smallest absolute Gasteiger partial charge is 0.130 e. The van der Waals surface area contributed by atoms with E-state index in [9.17, 15) is 8.78 Å². The molecular weight excluding hydrogens is 234 g/mol. The summed E-state index contributed by atoms with van der Waals surface area (Å²) in [5.41, 5.74) is 1.46. The maximum absolute atomic E-state index is 13.7. The van der Waals surface area contributed by atoms with E-state index >= 15 is 0 Å². The molecule has 1 heterocycles. The molecule has 0 spiro atoms. The van der Waals surface area contributed by atoms with Crippen LogP contribution in [0.25, 0.3) is 0 Å². The van der Waals surface area contributed by atoms with E-state index in [1.54, 1.807) is 19.4 Å². The Bertz CT molecular complexity index is 514. The Morgan fingerprint density at radius 3 is 2.72 bits per heavy atom. The number of nitrogens with zero attached hydrogens (tertiary/aromatic N) is 1. The van der Waals surface area contributed by atoms with Gasteiger partial charge in [-0.15, -0.1) is 0 Å². The zero-order valence-corrected chi connectivity index (χ0v) is 10.0. The Hall–Kier alpha value is -1.81. The molecule has 1 aromatic carbocycles. The summed E-state index contributed by atoms with van der Waals surface area (Å²) < 4.78 is 26.6. The van der Waals surface area contributed by atoms with E-state index in [1.165, 1.54) is 12.1 Å². The SMILES string of the molecule is CNC(Cc1cccnc1)c1ccc(F)cc1F. The van der Waals surface area contributed by atoms with Gasteiger partial charge in [-0.1, -0.05) is 12.1 Å². The third-order valence-corrected chi connectivity index (χ3v) is 2.85. The highest BCUT2D eigenvalue weighted by Gasteiger charge is 2.15. The van der Waals surface area contributed by atoms with Crippen LogP contribution in [0.4, 0.5) is 8.78 Å². The summed E-state index contributed by atoms with van der Waals surface area (Å²) in [7, 11) is 1.75. The molecule has 1 aromatic heterocycles. The lowest BCUT2D eigenvalue weighted by Crippen LogP contribution is -2.20. The molecule has 1 N–H and O–H groups in total. The summed E-state index contributed by atoms with van der Waals surface area (Å²) in [6.07, 6.45) is 4.04. The fraction of sp³-hybridized carbons (Fsp3) is 0.214. The van der Waals surface area contributed by atoms with E-state index in [-0.39, 0.29) is 6.04 Å². The van der Waals surface area contributed by atoms with Crippen LogP contribution in [-0.4, -0.2) is 12.0 Å². The molecule has 2 rings (SSSR count). The summed E-state index contributed by atoms with van der Waals surface area (Å²) in [6, 6.07) is 7.22. The van der Waals surface area contributed by atoms with Crippen LogP contribution >= 0.6 is 0 Å². The van der Waals surface area contributed by atoms with Gasteiger partial charge < -0.3 is 5.32 Å². The second kappa shape index (κ2) is 5.69. The van der Waals surface area contributed by atoms with Gasteiger partial charge in [0.2, 0.25) is 0 Å². The van der Waals surface area contributed by atoms with Crippen LogP contribution in [0.5, 0.6) is 0 Å². The molecule has 1 atom stereocenters. The minimum atomic E-state index is -0.563. The van der Waals surface area contributed by atoms with Crippen molar-refractivity contribution in [1.29, 1.82) is 0 Å². The zero-order chi connectivity index (χ0) is 13.0. The van der Waals surface area contributed by atoms with Crippen LogP contribution in [0.15, 0.2) is 42.7 Å². The topological polar surface area (TPSA) is 24.9 Å². The monoisotopic (exact) mass is 248 g/mol. The van der Waals surface area contributed by atoms with Crippen molar-refractivity contribution in [2.24, 2.45) is 0 Å². The number of aromatic nitrogens is 1. The molecule has 0 saturated carbocycles. The Kier molecular flexibility index (Phi) is 3.99. The summed E-state index contributed by atoms with van der Waals surface area (Å²) in [5, 5.41) is 3.04. The average Bonchev–Trinajstić information content (AvgIpc) is 2.38. The number of likely N-dealkylation sites (N-methyl/N-ethyl adjacent to an activating group) is 1. The van der Waals surface area contributed by atoms with Crippen molar-refractivity contribution in [1.82, 2.24) is 10.3 Å². The van der Waals surface area contributed by atoms with Gasteiger partial charge in [-0.05, 0) is 31.2 Å². The van der Waals surface area contributed by atoms with Crippen LogP contribution in [0, 0.1) is 11.6 Å². The molecule has 0 aliphatic heterocycles. The third-order valence-electron chi connectivity index (χ3n) is 2.85. The van der Waals surface area contributed by atoms with Crippen molar-refractivity contribution in [2.45, 2.75) is 12.5 Å². The minimum Gasteiger partial charge on any atom is -0.313 e. The summed E-state index contributed by atoms with van der Waals surface area (Å²) >= 11 is 0. The van der Waals surface area contributed by atoms with Crippen LogP contribution in [0.3, 0.4) is 0 Å². The number of benzene rings is 1. The minimum absolute atomic E-state index is 0.199. The quantitative estimate of drug-likeness (QED) is 0.900. The van der Waals surface area contributed by atoms with E-state index in [1.807, 2.05) is 12.1 Å². The normalized spacial score (nSPS) is 12.4. The van der Waals surface area contributed by atoms with Gasteiger partial charge in [-0.2, -0.15) is 0 Å². The molecule has 0 bridgehead atoms. The summed E-state index contributed by atoms with van der Waals surface area (Å²) in [4.78, 5) is 4.02. The standard InChI is InChI=1S/C14H14F2N2/c1-17-14(7-10-3-2-6-18-9-10)12-5-4-11(15)8-13(12)16/h2-6,8-9,14,17H,7H2,1H3. The molecule has 0 saturated heterocycles. The van der Waals surface area contributed by atoms with Crippen LogP contribution in [0.1, 0.15) is 17.2 Å². The Morgan fingerprint density at radius 1 is 1.28 bits per heavy atom. The third kappa shape index (κ3) is 2.90. The fourth-order valence-electron chi connectivity index (χ4n) is 1.91. The zero-order valence-electron chi connectivity index (χ0n) is 10.0. The van der Waals surface area contributed by atoms with Crippen LogP contribution < -0.4 is 5.32 Å². The highest BCUT2D eigenvalue weighted by atomic mass is 19.1. The predicted molar refractivity (Wildman–Crippen MR) is 66.1 cm³/mol. The lowest BCUT2D eigenvalue weighted by Gasteiger charge is -2.17. The van der Waals surface area contributed by atoms with E-state index in [4.69, 9.17) is 0 Å². The first-order valence-electron chi connectivity index (χ1n) is 5.72. The molecule has 0 fully saturated rings. The van der Waals surface area contributed by atoms with Crippen LogP contribution in [-0.2, 0) is 6.42 Å². The molecule has 2 aromatic rings. The molecule has 94 valence electrons. The van der Waals surface area contributed by atoms with Crippen molar-refractivity contribution in [3.63, 3.8) is 0 Å². The Morgan fingerprint density at radius 2 is 2.11 bits per heavy atom. The average molecular weight is 248 g/mol. The van der Waals surface area contributed by atoms with Crippen molar-refractivity contribution >= 4 is 0 Å². The fourth-order valence-corrected chi connectivity index (χ4v) is 1.91. The first-order chi connectivity index (χ1) is 8.70. The van der Waals surface area contributed by atoms with Gasteiger partial charge in [0.1, 0.15) is 11.6 Å². The number of pyridine rings is 1. The predicted octanol–water partition coefficient (Wildman–Crippen LogP) is 2.86. The first-order valence-corrected chi connectivity index (χ1v) is 5.72. The van der Waals surface area contributed by atoms with Gasteiger partial charge in [-0.25, -0.2) is 8.78 Å². The van der Waals surface area contributed by atoms with Gasteiger partial charge in [-0.3, -0.25) is 4.98 Å². The van der Waals surface area contributed by atoms with Crippen molar-refractivity contribution < 1.29 is 8.78 Å². The Labute approximate surface area is 105 Å². The van der Waals surface area contributed by atoms with Gasteiger partial charge in [0.25, 0.3) is 0 Å². The highest BCUT2D eigenvalue weighted by Crippen LogP contribution is 2.21. The van der Waals surface area contributed by atoms with Gasteiger partial charge in [0, 0.05) is 30.1 Å². The molecule has 4 heteroatoms. The molecule has 0 aliphatic carbocycles. The van der Waals surface area contributed by atoms with E-state index in [0.29, 0.717) is 12.0 Å². The van der Waals surface area contributed by atoms with E-state index < -0.39 is 11.6 Å². The molecular formula is C14H14F2N2. The second-order valence-electron chi connectivity index (χ2n) is 4.07. The molecule has 2 nitrogen and oxygen atoms in total. The number of halogens is 2. The van der Waals surface area contributed by atoms with E-state index in [2.05, 4.69) is 10.3 Å². The maximum atomic E-state index is 13.7. The van der Waals surface area contributed by atoms with E-state index in [0.717, 1.165) is 11.6 Å². The number of rotatable bonds is 4. The van der Waals surface area contributed by atoms with Crippen molar-refractivity contribution in [2.75, 3.05) is 7.05 Å². The lowest BCUT2D eigenvalue weighted by molar-refractivity contribution is 0.521. The van der Waals surface area contributed by atoms with Gasteiger partial charge >= 0.3 is 0 Å². The maximum Gasteiger partial charge on any atom is 0.130 e. The molecule has 0 aliphatic rings. The van der Waals surface area contributed by atoms with Gasteiger partial charge in [0.15, 0.2) is 0 Å². The highest BCUT2D eigenvalue weighted by molar-refractivity contribution is 5.24. The van der Waals surface area contributed by atoms with Crippen molar-refractivity contribution in [3.05, 3.63) is 65.5 Å². The largest absolute Gasteiger partial charge is 0.313 e. The van der Waals surface area contributed by atoms with Crippen molar-refractivity contribution in [3.8, 4) is 0 Å². The number of hydrogen-bond donors (Lipinski definition) is 1. The summed E-state index contributed by atoms with van der Waals surface area (Å²) in [5.74, 6) is -1.09. The van der Waals surface area contributed by atoms with Crippen LogP contribution in [0.2, 0.25) is 0 Å². The number of hydrogen-bond acceptors (Lipinski definition) is 2. The summed E-state index contributed by atoms with van der Waals surface area (Å²) in [6.45, 7) is 0. The first kappa shape index (κ1) is 12.6. The lowest BCUT2D eigenvalue weighted by atomic mass is 9.99. The molecule has 0 amide bonds. The molecule has 18 heavy (non-hydrogen) atoms. The Balaban J connectivity index is 2.23. The second-order valence-corrected chi connectivity index (χ2v) is 4.07. The van der Waals surface area contributed by atoms with Gasteiger partial charge in [0.05, 0.1) is 0 Å². The number of nitrogens with one attached hydrogen (secondary N) is 1. The molecule has 1 unspecified atom stereocenters. The molecule has 0 radical (unpaired) electrons.